The monoisotopic (exact) mass is 312 g/mol. The molecule has 120 valence electrons. The predicted octanol–water partition coefficient (Wildman–Crippen LogP) is 3.22. The van der Waals surface area contributed by atoms with Gasteiger partial charge in [-0.2, -0.15) is 0 Å². The van der Waals surface area contributed by atoms with Crippen molar-refractivity contribution in [3.05, 3.63) is 65.5 Å². The normalized spacial score (nSPS) is 11.7. The van der Waals surface area contributed by atoms with Gasteiger partial charge in [-0.25, -0.2) is 9.78 Å². The molecule has 5 nitrogen and oxygen atoms in total. The maximum absolute atomic E-state index is 12.8. The Labute approximate surface area is 135 Å². The van der Waals surface area contributed by atoms with Crippen LogP contribution in [0.15, 0.2) is 48.7 Å². The van der Waals surface area contributed by atoms with Gasteiger partial charge in [0, 0.05) is 24.3 Å². The van der Waals surface area contributed by atoms with E-state index >= 15 is 0 Å². The van der Waals surface area contributed by atoms with E-state index in [1.54, 1.807) is 11.0 Å². The fraction of sp³-hybridized carbons (Fsp3) is 0.278. The summed E-state index contributed by atoms with van der Waals surface area (Å²) in [5.74, 6) is -1.33. The number of aromatic carboxylic acids is 1. The summed E-state index contributed by atoms with van der Waals surface area (Å²) < 4.78 is 0. The van der Waals surface area contributed by atoms with Gasteiger partial charge in [0.2, 0.25) is 0 Å². The van der Waals surface area contributed by atoms with E-state index in [0.29, 0.717) is 12.1 Å². The first-order chi connectivity index (χ1) is 11.0. The number of nitrogens with zero attached hydrogens (tertiary/aromatic N) is 2. The maximum atomic E-state index is 12.8. The van der Waals surface area contributed by atoms with E-state index in [1.807, 2.05) is 44.2 Å². The quantitative estimate of drug-likeness (QED) is 0.889. The number of benzene rings is 1. The average Bonchev–Trinajstić information content (AvgIpc) is 2.59. The summed E-state index contributed by atoms with van der Waals surface area (Å²) in [7, 11) is 0. The third kappa shape index (κ3) is 4.16. The predicted molar refractivity (Wildman–Crippen MR) is 87.3 cm³/mol. The third-order valence-electron chi connectivity index (χ3n) is 3.81. The number of carboxylic acid groups (broad SMARTS) is 1. The summed E-state index contributed by atoms with van der Waals surface area (Å²) in [6.45, 7) is 4.49. The van der Waals surface area contributed by atoms with Crippen molar-refractivity contribution in [1.82, 2.24) is 9.88 Å². The molecule has 1 heterocycles. The lowest BCUT2D eigenvalue weighted by Crippen LogP contribution is -2.37. The lowest BCUT2D eigenvalue weighted by Gasteiger charge is -2.29. The largest absolute Gasteiger partial charge is 0.477 e. The summed E-state index contributed by atoms with van der Waals surface area (Å²) in [6.07, 6.45) is 2.17. The van der Waals surface area contributed by atoms with Crippen molar-refractivity contribution in [2.75, 3.05) is 0 Å². The molecule has 0 saturated carbocycles. The minimum absolute atomic E-state index is 0.0455. The molecule has 1 aromatic carbocycles. The number of carboxylic acids is 1. The van der Waals surface area contributed by atoms with E-state index in [1.165, 1.54) is 12.3 Å². The number of carbonyl (C=O) groups excluding carboxylic acids is 1. The second-order valence-corrected chi connectivity index (χ2v) is 5.41. The molecule has 0 fully saturated rings. The van der Waals surface area contributed by atoms with Crippen molar-refractivity contribution in [3.63, 3.8) is 0 Å². The number of rotatable bonds is 6. The zero-order valence-corrected chi connectivity index (χ0v) is 13.3. The summed E-state index contributed by atoms with van der Waals surface area (Å²) in [5, 5.41) is 9.03. The van der Waals surface area contributed by atoms with E-state index in [2.05, 4.69) is 4.98 Å². The van der Waals surface area contributed by atoms with Crippen molar-refractivity contribution in [2.45, 2.75) is 32.9 Å². The first-order valence-electron chi connectivity index (χ1n) is 7.57. The number of hydrogen-bond acceptors (Lipinski definition) is 3. The van der Waals surface area contributed by atoms with Crippen LogP contribution in [0.1, 0.15) is 46.7 Å². The highest BCUT2D eigenvalue weighted by Gasteiger charge is 2.21. The van der Waals surface area contributed by atoms with Gasteiger partial charge >= 0.3 is 5.97 Å². The second-order valence-electron chi connectivity index (χ2n) is 5.41. The minimum Gasteiger partial charge on any atom is -0.477 e. The molecule has 0 aliphatic carbocycles. The molecular formula is C18H20N2O3. The van der Waals surface area contributed by atoms with Crippen molar-refractivity contribution >= 4 is 11.9 Å². The van der Waals surface area contributed by atoms with Crippen LogP contribution in [0.3, 0.4) is 0 Å². The van der Waals surface area contributed by atoms with Crippen LogP contribution in [-0.2, 0) is 6.54 Å². The minimum atomic E-state index is -1.14. The maximum Gasteiger partial charge on any atom is 0.354 e. The van der Waals surface area contributed by atoms with Gasteiger partial charge in [0.05, 0.1) is 0 Å². The highest BCUT2D eigenvalue weighted by atomic mass is 16.4. The Morgan fingerprint density at radius 2 is 1.91 bits per heavy atom. The van der Waals surface area contributed by atoms with E-state index < -0.39 is 5.97 Å². The molecule has 23 heavy (non-hydrogen) atoms. The molecule has 0 saturated heterocycles. The molecule has 0 radical (unpaired) electrons. The van der Waals surface area contributed by atoms with E-state index in [4.69, 9.17) is 5.11 Å². The van der Waals surface area contributed by atoms with Crippen LogP contribution in [0, 0.1) is 0 Å². The zero-order valence-electron chi connectivity index (χ0n) is 13.3. The summed E-state index contributed by atoms with van der Waals surface area (Å²) in [5.41, 5.74) is 1.25. The van der Waals surface area contributed by atoms with Gasteiger partial charge in [-0.15, -0.1) is 0 Å². The highest BCUT2D eigenvalue weighted by molar-refractivity contribution is 5.96. The van der Waals surface area contributed by atoms with Crippen LogP contribution in [-0.4, -0.2) is 32.9 Å². The lowest BCUT2D eigenvalue weighted by molar-refractivity contribution is 0.0671. The molecule has 0 bridgehead atoms. The second kappa shape index (κ2) is 7.54. The van der Waals surface area contributed by atoms with E-state index in [0.717, 1.165) is 12.0 Å². The molecule has 0 spiro atoms. The summed E-state index contributed by atoms with van der Waals surface area (Å²) in [6, 6.07) is 12.7. The fourth-order valence-electron chi connectivity index (χ4n) is 2.27. The SMILES string of the molecule is CCC(C)N(Cc1ccccc1)C(=O)c1ccnc(C(=O)O)c1. The topological polar surface area (TPSA) is 70.5 Å². The first-order valence-corrected chi connectivity index (χ1v) is 7.57. The van der Waals surface area contributed by atoms with Crippen molar-refractivity contribution in [1.29, 1.82) is 0 Å². The molecule has 2 rings (SSSR count). The Balaban J connectivity index is 2.29. The fourth-order valence-corrected chi connectivity index (χ4v) is 2.27. The molecule has 0 aliphatic heterocycles. The summed E-state index contributed by atoms with van der Waals surface area (Å²) in [4.78, 5) is 29.4. The van der Waals surface area contributed by atoms with Gasteiger partial charge in [0.25, 0.3) is 5.91 Å². The Morgan fingerprint density at radius 3 is 2.52 bits per heavy atom. The smallest absolute Gasteiger partial charge is 0.354 e. The Bertz CT molecular complexity index is 686. The molecule has 2 aromatic rings. The molecule has 1 N–H and O–H groups in total. The molecular weight excluding hydrogens is 292 g/mol. The van der Waals surface area contributed by atoms with Gasteiger partial charge in [-0.1, -0.05) is 37.3 Å². The van der Waals surface area contributed by atoms with Crippen LogP contribution in [0.2, 0.25) is 0 Å². The number of carbonyl (C=O) groups is 2. The van der Waals surface area contributed by atoms with E-state index in [9.17, 15) is 9.59 Å². The first kappa shape index (κ1) is 16.7. The van der Waals surface area contributed by atoms with E-state index in [-0.39, 0.29) is 17.6 Å². The number of aromatic nitrogens is 1. The van der Waals surface area contributed by atoms with Gasteiger partial charge in [-0.05, 0) is 31.0 Å². The molecule has 1 amide bonds. The van der Waals surface area contributed by atoms with Crippen molar-refractivity contribution < 1.29 is 14.7 Å². The molecule has 0 aliphatic rings. The van der Waals surface area contributed by atoms with Crippen LogP contribution in [0.4, 0.5) is 0 Å². The number of pyridine rings is 1. The van der Waals surface area contributed by atoms with Gasteiger partial charge in [-0.3, -0.25) is 4.79 Å². The molecule has 1 aromatic heterocycles. The summed E-state index contributed by atoms with van der Waals surface area (Å²) >= 11 is 0. The van der Waals surface area contributed by atoms with Crippen molar-refractivity contribution in [3.8, 4) is 0 Å². The standard InChI is InChI=1S/C18H20N2O3/c1-3-13(2)20(12-14-7-5-4-6-8-14)17(21)15-9-10-19-16(11-15)18(22)23/h4-11,13H,3,12H2,1-2H3,(H,22,23). The average molecular weight is 312 g/mol. The zero-order chi connectivity index (χ0) is 16.8. The van der Waals surface area contributed by atoms with Crippen LogP contribution in [0.25, 0.3) is 0 Å². The van der Waals surface area contributed by atoms with Crippen LogP contribution in [0.5, 0.6) is 0 Å². The Kier molecular flexibility index (Phi) is 5.46. The Hall–Kier alpha value is -2.69. The Morgan fingerprint density at radius 1 is 1.22 bits per heavy atom. The van der Waals surface area contributed by atoms with Gasteiger partial charge in [0.1, 0.15) is 5.69 Å². The third-order valence-corrected chi connectivity index (χ3v) is 3.81. The number of hydrogen-bond donors (Lipinski definition) is 1. The molecule has 1 atom stereocenters. The van der Waals surface area contributed by atoms with Gasteiger partial charge < -0.3 is 10.0 Å². The van der Waals surface area contributed by atoms with Crippen molar-refractivity contribution in [2.24, 2.45) is 0 Å². The number of amides is 1. The lowest BCUT2D eigenvalue weighted by atomic mass is 10.1. The molecule has 5 heteroatoms. The van der Waals surface area contributed by atoms with Crippen LogP contribution < -0.4 is 0 Å². The molecule has 1 unspecified atom stereocenters. The van der Waals surface area contributed by atoms with Crippen LogP contribution >= 0.6 is 0 Å². The van der Waals surface area contributed by atoms with Gasteiger partial charge in [0.15, 0.2) is 0 Å². The highest BCUT2D eigenvalue weighted by Crippen LogP contribution is 2.15.